The molecule has 2 aliphatic rings. The molecule has 0 radical (unpaired) electrons. The smallest absolute Gasteiger partial charge is 0.225 e. The normalized spacial score (nSPS) is 21.8. The zero-order valence-corrected chi connectivity index (χ0v) is 15.8. The van der Waals surface area contributed by atoms with E-state index in [0.29, 0.717) is 32.3 Å². The van der Waals surface area contributed by atoms with Crippen molar-refractivity contribution in [2.45, 2.75) is 45.1 Å². The number of methoxy groups -OCH3 is 1. The number of nitrogens with zero attached hydrogens (tertiary/aromatic N) is 2. The summed E-state index contributed by atoms with van der Waals surface area (Å²) in [7, 11) is 1.66. The fourth-order valence-electron chi connectivity index (χ4n) is 3.49. The molecule has 2 fully saturated rings. The summed E-state index contributed by atoms with van der Waals surface area (Å²) in [6.45, 7) is 6.89. The predicted octanol–water partition coefficient (Wildman–Crippen LogP) is 0.996. The number of rotatable bonds is 9. The molecule has 1 amide bonds. The maximum Gasteiger partial charge on any atom is 0.225 e. The largest absolute Gasteiger partial charge is 0.382 e. The number of guanidine groups is 1. The second kappa shape index (κ2) is 11.3. The van der Waals surface area contributed by atoms with E-state index in [0.717, 1.165) is 44.9 Å². The summed E-state index contributed by atoms with van der Waals surface area (Å²) in [6.07, 6.45) is 5.53. The van der Waals surface area contributed by atoms with E-state index in [1.165, 1.54) is 12.8 Å². The van der Waals surface area contributed by atoms with Crippen LogP contribution in [0.3, 0.4) is 0 Å². The first kappa shape index (κ1) is 20.0. The van der Waals surface area contributed by atoms with Crippen LogP contribution in [0, 0.1) is 5.92 Å². The summed E-state index contributed by atoms with van der Waals surface area (Å²) < 4.78 is 10.4. The van der Waals surface area contributed by atoms with Crippen LogP contribution in [0.5, 0.6) is 0 Å². The molecular formula is C18H34N4O3. The first-order valence-electron chi connectivity index (χ1n) is 9.65. The van der Waals surface area contributed by atoms with Gasteiger partial charge >= 0.3 is 0 Å². The molecule has 0 aromatic carbocycles. The third-order valence-corrected chi connectivity index (χ3v) is 4.83. The van der Waals surface area contributed by atoms with Gasteiger partial charge in [-0.3, -0.25) is 9.79 Å². The molecule has 1 aliphatic carbocycles. The van der Waals surface area contributed by atoms with Crippen LogP contribution in [-0.4, -0.2) is 75.9 Å². The molecule has 0 bridgehead atoms. The molecule has 144 valence electrons. The van der Waals surface area contributed by atoms with Gasteiger partial charge in [0.2, 0.25) is 5.91 Å². The quantitative estimate of drug-likeness (QED) is 0.367. The fourth-order valence-corrected chi connectivity index (χ4v) is 3.49. The zero-order chi connectivity index (χ0) is 17.9. The van der Waals surface area contributed by atoms with Crippen molar-refractivity contribution in [1.29, 1.82) is 0 Å². The monoisotopic (exact) mass is 354 g/mol. The van der Waals surface area contributed by atoms with Crippen molar-refractivity contribution < 1.29 is 14.3 Å². The van der Waals surface area contributed by atoms with Gasteiger partial charge in [-0.25, -0.2) is 0 Å². The van der Waals surface area contributed by atoms with Crippen LogP contribution < -0.4 is 10.6 Å². The van der Waals surface area contributed by atoms with Crippen LogP contribution in [0.25, 0.3) is 0 Å². The number of carbonyl (C=O) groups is 1. The Balaban J connectivity index is 1.72. The number of likely N-dealkylation sites (tertiary alicyclic amines) is 1. The molecule has 2 rings (SSSR count). The maximum atomic E-state index is 12.5. The minimum absolute atomic E-state index is 0.268. The first-order valence-corrected chi connectivity index (χ1v) is 9.65. The lowest BCUT2D eigenvalue weighted by Gasteiger charge is -2.21. The van der Waals surface area contributed by atoms with Gasteiger partial charge in [0, 0.05) is 38.7 Å². The second-order valence-corrected chi connectivity index (χ2v) is 6.76. The summed E-state index contributed by atoms with van der Waals surface area (Å²) in [5, 5.41) is 6.73. The zero-order valence-electron chi connectivity index (χ0n) is 15.8. The van der Waals surface area contributed by atoms with Crippen LogP contribution in [0.1, 0.15) is 39.0 Å². The Hall–Kier alpha value is -1.34. The Morgan fingerprint density at radius 3 is 2.72 bits per heavy atom. The van der Waals surface area contributed by atoms with Gasteiger partial charge in [-0.05, 0) is 26.2 Å². The van der Waals surface area contributed by atoms with E-state index >= 15 is 0 Å². The molecular weight excluding hydrogens is 320 g/mol. The summed E-state index contributed by atoms with van der Waals surface area (Å²) in [5.41, 5.74) is 0. The SMILES string of the molecule is CCNC(=NCCOCCOC)NC1CCN(C(=O)C2CCCC2)C1. The van der Waals surface area contributed by atoms with Gasteiger partial charge in [0.15, 0.2) is 5.96 Å². The lowest BCUT2D eigenvalue weighted by Crippen LogP contribution is -2.45. The maximum absolute atomic E-state index is 12.5. The van der Waals surface area contributed by atoms with Crippen LogP contribution in [0.2, 0.25) is 0 Å². The highest BCUT2D eigenvalue weighted by Gasteiger charge is 2.32. The van der Waals surface area contributed by atoms with E-state index in [-0.39, 0.29) is 12.0 Å². The highest BCUT2D eigenvalue weighted by Crippen LogP contribution is 2.27. The van der Waals surface area contributed by atoms with Gasteiger partial charge in [0.25, 0.3) is 0 Å². The topological polar surface area (TPSA) is 75.2 Å². The van der Waals surface area contributed by atoms with Crippen LogP contribution in [0.4, 0.5) is 0 Å². The Labute approximate surface area is 151 Å². The van der Waals surface area contributed by atoms with Crippen LogP contribution >= 0.6 is 0 Å². The molecule has 25 heavy (non-hydrogen) atoms. The first-order chi connectivity index (χ1) is 12.2. The number of ether oxygens (including phenoxy) is 2. The third-order valence-electron chi connectivity index (χ3n) is 4.83. The Bertz CT molecular complexity index is 425. The van der Waals surface area contributed by atoms with Crippen molar-refractivity contribution in [3.05, 3.63) is 0 Å². The van der Waals surface area contributed by atoms with Gasteiger partial charge < -0.3 is 25.0 Å². The van der Waals surface area contributed by atoms with E-state index < -0.39 is 0 Å². The van der Waals surface area contributed by atoms with Gasteiger partial charge in [-0.1, -0.05) is 12.8 Å². The van der Waals surface area contributed by atoms with Crippen LogP contribution in [0.15, 0.2) is 4.99 Å². The van der Waals surface area contributed by atoms with E-state index in [9.17, 15) is 4.79 Å². The molecule has 7 heteroatoms. The second-order valence-electron chi connectivity index (χ2n) is 6.76. The Kier molecular flexibility index (Phi) is 9.04. The number of hydrogen-bond donors (Lipinski definition) is 2. The van der Waals surface area contributed by atoms with Crippen molar-refractivity contribution >= 4 is 11.9 Å². The number of carbonyl (C=O) groups excluding carboxylic acids is 1. The van der Waals surface area contributed by atoms with Gasteiger partial charge in [-0.15, -0.1) is 0 Å². The Morgan fingerprint density at radius 1 is 1.20 bits per heavy atom. The van der Waals surface area contributed by atoms with Crippen LogP contribution in [-0.2, 0) is 14.3 Å². The fraction of sp³-hybridized carbons (Fsp3) is 0.889. The van der Waals surface area contributed by atoms with Crippen molar-refractivity contribution in [3.63, 3.8) is 0 Å². The third kappa shape index (κ3) is 6.82. The van der Waals surface area contributed by atoms with Crippen molar-refractivity contribution in [2.75, 3.05) is 53.1 Å². The molecule has 2 N–H and O–H groups in total. The van der Waals surface area contributed by atoms with E-state index in [4.69, 9.17) is 9.47 Å². The van der Waals surface area contributed by atoms with Gasteiger partial charge in [0.05, 0.1) is 26.4 Å². The predicted molar refractivity (Wildman–Crippen MR) is 98.8 cm³/mol. The molecule has 0 aromatic heterocycles. The van der Waals surface area contributed by atoms with Gasteiger partial charge in [-0.2, -0.15) is 0 Å². The standard InChI is InChI=1S/C18H34N4O3/c1-3-19-18(20-9-11-25-13-12-24-2)21-16-8-10-22(14-16)17(23)15-6-4-5-7-15/h15-16H,3-14H2,1-2H3,(H2,19,20,21). The molecule has 1 atom stereocenters. The lowest BCUT2D eigenvalue weighted by molar-refractivity contribution is -0.134. The van der Waals surface area contributed by atoms with E-state index in [2.05, 4.69) is 22.5 Å². The summed E-state index contributed by atoms with van der Waals surface area (Å²) in [6, 6.07) is 0.276. The molecule has 0 spiro atoms. The molecule has 1 aliphatic heterocycles. The Morgan fingerprint density at radius 2 is 2.00 bits per heavy atom. The summed E-state index contributed by atoms with van der Waals surface area (Å²) >= 11 is 0. The minimum atomic E-state index is 0.268. The number of amides is 1. The highest BCUT2D eigenvalue weighted by molar-refractivity contribution is 5.81. The molecule has 7 nitrogen and oxygen atoms in total. The van der Waals surface area contributed by atoms with Crippen molar-refractivity contribution in [3.8, 4) is 0 Å². The molecule has 1 saturated carbocycles. The average Bonchev–Trinajstić information content (AvgIpc) is 3.29. The summed E-state index contributed by atoms with van der Waals surface area (Å²) in [5.74, 6) is 1.43. The lowest BCUT2D eigenvalue weighted by atomic mass is 10.1. The number of nitrogens with one attached hydrogen (secondary N) is 2. The van der Waals surface area contributed by atoms with E-state index in [1.54, 1.807) is 7.11 Å². The number of aliphatic imine (C=N–C) groups is 1. The highest BCUT2D eigenvalue weighted by atomic mass is 16.5. The number of hydrogen-bond acceptors (Lipinski definition) is 4. The van der Waals surface area contributed by atoms with E-state index in [1.807, 2.05) is 4.90 Å². The average molecular weight is 354 g/mol. The van der Waals surface area contributed by atoms with Crippen molar-refractivity contribution in [1.82, 2.24) is 15.5 Å². The molecule has 0 aromatic rings. The van der Waals surface area contributed by atoms with Gasteiger partial charge in [0.1, 0.15) is 0 Å². The molecule has 1 unspecified atom stereocenters. The summed E-state index contributed by atoms with van der Waals surface area (Å²) in [4.78, 5) is 19.1. The minimum Gasteiger partial charge on any atom is -0.382 e. The molecule has 1 heterocycles. The van der Waals surface area contributed by atoms with Crippen molar-refractivity contribution in [2.24, 2.45) is 10.9 Å². The molecule has 1 saturated heterocycles.